The molecule has 0 heterocycles. The lowest BCUT2D eigenvalue weighted by molar-refractivity contribution is -0.167. The van der Waals surface area contributed by atoms with Gasteiger partial charge in [-0.3, -0.25) is 14.4 Å². The van der Waals surface area contributed by atoms with Gasteiger partial charge in [0.15, 0.2) is 6.10 Å². The van der Waals surface area contributed by atoms with Gasteiger partial charge in [0.05, 0.1) is 0 Å². The summed E-state index contributed by atoms with van der Waals surface area (Å²) in [5, 5.41) is 0. The molecule has 6 heteroatoms. The van der Waals surface area contributed by atoms with Gasteiger partial charge in [0, 0.05) is 19.3 Å². The summed E-state index contributed by atoms with van der Waals surface area (Å²) in [6.07, 6.45) is 95.3. The lowest BCUT2D eigenvalue weighted by atomic mass is 10.0. The molecule has 0 rings (SSSR count). The number of rotatable bonds is 56. The lowest BCUT2D eigenvalue weighted by Gasteiger charge is -2.18. The van der Waals surface area contributed by atoms with E-state index in [1.165, 1.54) is 77.0 Å². The number of allylic oxidation sites excluding steroid dienone is 26. The van der Waals surface area contributed by atoms with Gasteiger partial charge >= 0.3 is 17.9 Å². The topological polar surface area (TPSA) is 78.9 Å². The predicted octanol–water partition coefficient (Wildman–Crippen LogP) is 22.1. The molecule has 0 radical (unpaired) electrons. The summed E-state index contributed by atoms with van der Waals surface area (Å²) in [6.45, 7) is 6.35. The van der Waals surface area contributed by atoms with Crippen LogP contribution in [0.5, 0.6) is 0 Å². The Kier molecular flexibility index (Phi) is 61.4. The van der Waals surface area contributed by atoms with Gasteiger partial charge in [0.2, 0.25) is 0 Å². The number of ether oxygens (including phenoxy) is 3. The Hall–Kier alpha value is -4.97. The maximum absolute atomic E-state index is 12.9. The van der Waals surface area contributed by atoms with Crippen LogP contribution < -0.4 is 0 Å². The SMILES string of the molecule is CC/C=C\C/C=C\C/C=C\C/C=C\C/C=C\C/C=C\C/C=C\CCCCCC(=O)OCC(COC(=O)CCCCCCCCCCCCCCCCC)OC(=O)CCCC/C=C\C/C=C\C/C=C\C/C=C\C/C=C\C/C=C\CC. The molecule has 0 aromatic rings. The zero-order valence-corrected chi connectivity index (χ0v) is 50.8. The number of carbonyl (C=O) groups excluding carboxylic acids is 3. The average molecular weight is 1090 g/mol. The predicted molar refractivity (Wildman–Crippen MR) is 343 cm³/mol. The number of esters is 3. The van der Waals surface area contributed by atoms with Crippen LogP contribution in [0.4, 0.5) is 0 Å². The number of hydrogen-bond acceptors (Lipinski definition) is 6. The van der Waals surface area contributed by atoms with Crippen molar-refractivity contribution in [1.82, 2.24) is 0 Å². The largest absolute Gasteiger partial charge is 0.462 e. The standard InChI is InChI=1S/C73H116O6/c1-4-7-10-13-16-19-22-25-28-30-32-34-35-36-37-39-40-42-45-48-51-54-57-60-63-66-72(75)78-69-70(68-77-71(74)65-62-59-56-53-50-47-44-27-24-21-18-15-12-9-6-3)79-73(76)67-64-61-58-55-52-49-46-43-41-38-33-31-29-26-23-20-17-14-11-8-5-2/h7-8,10-11,16-17,19-20,25-26,28-29,32-34,36-38,40,42-43,46,48,51-52,55,70H,4-6,9,12-15,18,21-24,27,30-31,35,39,41,44-45,47,49-50,53-54,56-69H2,1-3H3/b10-7-,11-8-,19-16-,20-17-,28-25-,29-26-,34-32-,37-36-,38-33-,42-40-,46-43-,51-48-,55-52-. The van der Waals surface area contributed by atoms with Crippen LogP contribution >= 0.6 is 0 Å². The van der Waals surface area contributed by atoms with Crippen molar-refractivity contribution in [1.29, 1.82) is 0 Å². The van der Waals surface area contributed by atoms with Gasteiger partial charge in [-0.1, -0.05) is 275 Å². The molecular formula is C73H116O6. The molecule has 6 nitrogen and oxygen atoms in total. The maximum atomic E-state index is 12.9. The summed E-state index contributed by atoms with van der Waals surface area (Å²) in [6, 6.07) is 0. The van der Waals surface area contributed by atoms with E-state index in [-0.39, 0.29) is 37.5 Å². The molecule has 0 saturated carbocycles. The van der Waals surface area contributed by atoms with E-state index < -0.39 is 6.10 Å². The van der Waals surface area contributed by atoms with Gasteiger partial charge < -0.3 is 14.2 Å². The molecule has 444 valence electrons. The molecule has 0 fully saturated rings. The van der Waals surface area contributed by atoms with Crippen LogP contribution in [0.15, 0.2) is 158 Å². The van der Waals surface area contributed by atoms with E-state index in [1.807, 2.05) is 0 Å². The van der Waals surface area contributed by atoms with E-state index >= 15 is 0 Å². The van der Waals surface area contributed by atoms with E-state index in [1.54, 1.807) is 0 Å². The Morgan fingerprint density at radius 3 is 0.797 bits per heavy atom. The van der Waals surface area contributed by atoms with Crippen LogP contribution in [-0.2, 0) is 28.6 Å². The first-order valence-electron chi connectivity index (χ1n) is 32.0. The Morgan fingerprint density at radius 1 is 0.266 bits per heavy atom. The monoisotopic (exact) mass is 1090 g/mol. The lowest BCUT2D eigenvalue weighted by Crippen LogP contribution is -2.30. The highest BCUT2D eigenvalue weighted by Gasteiger charge is 2.19. The van der Waals surface area contributed by atoms with Crippen molar-refractivity contribution in [2.75, 3.05) is 13.2 Å². The van der Waals surface area contributed by atoms with Gasteiger partial charge in [-0.05, 0) is 128 Å². The zero-order chi connectivity index (χ0) is 57.1. The zero-order valence-electron chi connectivity index (χ0n) is 50.8. The third-order valence-corrected chi connectivity index (χ3v) is 13.0. The van der Waals surface area contributed by atoms with E-state index in [0.29, 0.717) is 19.3 Å². The minimum Gasteiger partial charge on any atom is -0.462 e. The highest BCUT2D eigenvalue weighted by molar-refractivity contribution is 5.71. The molecular weight excluding hydrogens is 973 g/mol. The van der Waals surface area contributed by atoms with Crippen LogP contribution in [0.1, 0.15) is 265 Å². The third-order valence-electron chi connectivity index (χ3n) is 13.0. The molecule has 0 saturated heterocycles. The second-order valence-corrected chi connectivity index (χ2v) is 20.6. The summed E-state index contributed by atoms with van der Waals surface area (Å²) in [4.78, 5) is 38.3. The summed E-state index contributed by atoms with van der Waals surface area (Å²) >= 11 is 0. The highest BCUT2D eigenvalue weighted by atomic mass is 16.6. The van der Waals surface area contributed by atoms with Gasteiger partial charge in [-0.25, -0.2) is 0 Å². The molecule has 0 aliphatic rings. The van der Waals surface area contributed by atoms with Gasteiger partial charge in [0.25, 0.3) is 0 Å². The molecule has 0 bridgehead atoms. The van der Waals surface area contributed by atoms with Gasteiger partial charge in [-0.15, -0.1) is 0 Å². The molecule has 0 aliphatic heterocycles. The van der Waals surface area contributed by atoms with E-state index in [9.17, 15) is 14.4 Å². The fourth-order valence-electron chi connectivity index (χ4n) is 8.31. The van der Waals surface area contributed by atoms with Crippen LogP contribution in [0.3, 0.4) is 0 Å². The van der Waals surface area contributed by atoms with Crippen molar-refractivity contribution in [2.24, 2.45) is 0 Å². The molecule has 1 unspecified atom stereocenters. The summed E-state index contributed by atoms with van der Waals surface area (Å²) in [5.41, 5.74) is 0. The minimum atomic E-state index is -0.823. The van der Waals surface area contributed by atoms with Crippen molar-refractivity contribution in [2.45, 2.75) is 271 Å². The van der Waals surface area contributed by atoms with Crippen molar-refractivity contribution in [3.8, 4) is 0 Å². The highest BCUT2D eigenvalue weighted by Crippen LogP contribution is 2.15. The maximum Gasteiger partial charge on any atom is 0.306 e. The van der Waals surface area contributed by atoms with Crippen LogP contribution in [-0.4, -0.2) is 37.2 Å². The van der Waals surface area contributed by atoms with E-state index in [4.69, 9.17) is 14.2 Å². The van der Waals surface area contributed by atoms with Crippen molar-refractivity contribution < 1.29 is 28.6 Å². The van der Waals surface area contributed by atoms with Crippen LogP contribution in [0.25, 0.3) is 0 Å². The second-order valence-electron chi connectivity index (χ2n) is 20.6. The molecule has 0 N–H and O–H groups in total. The molecule has 0 aliphatic carbocycles. The minimum absolute atomic E-state index is 0.111. The Bertz CT molecular complexity index is 1780. The Morgan fingerprint density at radius 2 is 0.494 bits per heavy atom. The van der Waals surface area contributed by atoms with Gasteiger partial charge in [0.1, 0.15) is 13.2 Å². The average Bonchev–Trinajstić information content (AvgIpc) is 3.45. The smallest absolute Gasteiger partial charge is 0.306 e. The van der Waals surface area contributed by atoms with Crippen molar-refractivity contribution in [3.63, 3.8) is 0 Å². The summed E-state index contributed by atoms with van der Waals surface area (Å²) < 4.78 is 16.9. The summed E-state index contributed by atoms with van der Waals surface area (Å²) in [7, 11) is 0. The number of hydrogen-bond donors (Lipinski definition) is 0. The quantitative estimate of drug-likeness (QED) is 0.0261. The van der Waals surface area contributed by atoms with Crippen molar-refractivity contribution >= 4 is 17.9 Å². The first kappa shape index (κ1) is 74.0. The first-order valence-corrected chi connectivity index (χ1v) is 32.0. The number of unbranched alkanes of at least 4 members (excludes halogenated alkanes) is 19. The van der Waals surface area contributed by atoms with Crippen LogP contribution in [0.2, 0.25) is 0 Å². The Balaban J connectivity index is 4.54. The molecule has 1 atom stereocenters. The molecule has 0 aromatic carbocycles. The fraction of sp³-hybridized carbons (Fsp3) is 0.603. The number of carbonyl (C=O) groups is 3. The van der Waals surface area contributed by atoms with E-state index in [2.05, 4.69) is 179 Å². The summed E-state index contributed by atoms with van der Waals surface area (Å²) in [5.74, 6) is -0.990. The molecule has 79 heavy (non-hydrogen) atoms. The van der Waals surface area contributed by atoms with Gasteiger partial charge in [-0.2, -0.15) is 0 Å². The molecule has 0 spiro atoms. The third kappa shape index (κ3) is 63.7. The Labute approximate surface area is 486 Å². The normalized spacial score (nSPS) is 13.2. The molecule has 0 aromatic heterocycles. The van der Waals surface area contributed by atoms with Crippen LogP contribution in [0, 0.1) is 0 Å². The first-order chi connectivity index (χ1) is 39.0. The fourth-order valence-corrected chi connectivity index (χ4v) is 8.31. The second kappa shape index (κ2) is 65.5. The van der Waals surface area contributed by atoms with E-state index in [0.717, 1.165) is 141 Å². The van der Waals surface area contributed by atoms with Crippen molar-refractivity contribution in [3.05, 3.63) is 158 Å². The molecule has 0 amide bonds.